The van der Waals surface area contributed by atoms with E-state index in [-0.39, 0.29) is 22.9 Å². The van der Waals surface area contributed by atoms with E-state index >= 15 is 0 Å². The molecule has 0 spiro atoms. The number of likely N-dealkylation sites (N-methyl/N-ethyl adjacent to an activating group) is 1. The van der Waals surface area contributed by atoms with Crippen molar-refractivity contribution < 1.29 is 20.2 Å². The van der Waals surface area contributed by atoms with E-state index in [2.05, 4.69) is 5.16 Å². The molecule has 1 unspecified atom stereocenters. The van der Waals surface area contributed by atoms with Crippen LogP contribution in [0.25, 0.3) is 0 Å². The van der Waals surface area contributed by atoms with Crippen molar-refractivity contribution in [2.75, 3.05) is 7.05 Å². The fourth-order valence-electron chi connectivity index (χ4n) is 1.38. The summed E-state index contributed by atoms with van der Waals surface area (Å²) in [6.07, 6.45) is 0. The van der Waals surface area contributed by atoms with Gasteiger partial charge in [-0.3, -0.25) is 4.79 Å². The topological polar surface area (TPSA) is 119 Å². The zero-order valence-electron chi connectivity index (χ0n) is 10.0. The molecule has 7 heteroatoms. The van der Waals surface area contributed by atoms with E-state index in [9.17, 15) is 15.0 Å². The van der Waals surface area contributed by atoms with Gasteiger partial charge in [0, 0.05) is 18.7 Å². The second-order valence-corrected chi connectivity index (χ2v) is 3.85. The lowest BCUT2D eigenvalue weighted by atomic mass is 10.1. The molecule has 0 heterocycles. The first kappa shape index (κ1) is 13.6. The number of carbonyl (C=O) groups is 1. The Kier molecular flexibility index (Phi) is 3.98. The highest BCUT2D eigenvalue weighted by Gasteiger charge is 2.21. The molecule has 0 saturated heterocycles. The van der Waals surface area contributed by atoms with Crippen LogP contribution in [-0.2, 0) is 0 Å². The first-order valence-corrected chi connectivity index (χ1v) is 5.14. The highest BCUT2D eigenvalue weighted by Crippen LogP contribution is 2.21. The number of nitrogens with two attached hydrogens (primary N) is 1. The van der Waals surface area contributed by atoms with Crippen LogP contribution < -0.4 is 5.73 Å². The minimum Gasteiger partial charge on any atom is -0.508 e. The van der Waals surface area contributed by atoms with Crippen molar-refractivity contribution in [3.8, 4) is 11.5 Å². The summed E-state index contributed by atoms with van der Waals surface area (Å²) < 4.78 is 0. The minimum absolute atomic E-state index is 0.104. The molecule has 0 aliphatic heterocycles. The van der Waals surface area contributed by atoms with Crippen LogP contribution in [0.2, 0.25) is 0 Å². The highest BCUT2D eigenvalue weighted by molar-refractivity contribution is 5.98. The third kappa shape index (κ3) is 2.82. The first-order chi connectivity index (χ1) is 8.36. The summed E-state index contributed by atoms with van der Waals surface area (Å²) >= 11 is 0. The Labute approximate surface area is 104 Å². The molecule has 18 heavy (non-hydrogen) atoms. The molecule has 0 radical (unpaired) electrons. The second kappa shape index (κ2) is 5.26. The summed E-state index contributed by atoms with van der Waals surface area (Å²) in [6, 6.07) is 2.94. The highest BCUT2D eigenvalue weighted by atomic mass is 16.4. The number of hydrogen-bond donors (Lipinski definition) is 4. The number of amidine groups is 1. The van der Waals surface area contributed by atoms with E-state index in [1.54, 1.807) is 6.92 Å². The molecule has 1 atom stereocenters. The van der Waals surface area contributed by atoms with Crippen LogP contribution >= 0.6 is 0 Å². The molecule has 1 aromatic carbocycles. The summed E-state index contributed by atoms with van der Waals surface area (Å²) in [4.78, 5) is 13.2. The second-order valence-electron chi connectivity index (χ2n) is 3.85. The number of phenols is 2. The van der Waals surface area contributed by atoms with Crippen molar-refractivity contribution >= 4 is 11.7 Å². The van der Waals surface area contributed by atoms with E-state index in [4.69, 9.17) is 10.9 Å². The monoisotopic (exact) mass is 253 g/mol. The molecule has 7 nitrogen and oxygen atoms in total. The van der Waals surface area contributed by atoms with Crippen LogP contribution in [-0.4, -0.2) is 45.2 Å². The molecule has 5 N–H and O–H groups in total. The van der Waals surface area contributed by atoms with Gasteiger partial charge in [-0.25, -0.2) is 0 Å². The van der Waals surface area contributed by atoms with Crippen LogP contribution in [0.4, 0.5) is 0 Å². The lowest BCUT2D eigenvalue weighted by Crippen LogP contribution is -2.43. The number of oxime groups is 1. The van der Waals surface area contributed by atoms with E-state index in [1.807, 2.05) is 0 Å². The van der Waals surface area contributed by atoms with Crippen LogP contribution in [0.5, 0.6) is 11.5 Å². The number of aromatic hydroxyl groups is 2. The molecule has 0 aromatic heterocycles. The Balaban J connectivity index is 3.00. The van der Waals surface area contributed by atoms with Crippen molar-refractivity contribution in [3.63, 3.8) is 0 Å². The minimum atomic E-state index is -0.619. The summed E-state index contributed by atoms with van der Waals surface area (Å²) in [6.45, 7) is 1.58. The average Bonchev–Trinajstić information content (AvgIpc) is 2.33. The maximum Gasteiger partial charge on any atom is 0.254 e. The molecule has 0 saturated carbocycles. The van der Waals surface area contributed by atoms with E-state index in [1.165, 1.54) is 24.1 Å². The molecule has 0 bridgehead atoms. The van der Waals surface area contributed by atoms with Crippen LogP contribution in [0.3, 0.4) is 0 Å². The van der Waals surface area contributed by atoms with Gasteiger partial charge in [-0.1, -0.05) is 5.16 Å². The standard InChI is InChI=1S/C11H15N3O4/c1-6(10(12)13-18)14(2)11(17)7-3-8(15)5-9(16)4-7/h3-6,15-16,18H,1-2H3,(H2,12,13). The predicted octanol–water partition coefficient (Wildman–Crippen LogP) is 0.305. The molecule has 1 rings (SSSR count). The maximum absolute atomic E-state index is 12.0. The van der Waals surface area contributed by atoms with Crippen LogP contribution in [0, 0.1) is 0 Å². The fourth-order valence-corrected chi connectivity index (χ4v) is 1.38. The number of benzene rings is 1. The Morgan fingerprint density at radius 1 is 1.33 bits per heavy atom. The average molecular weight is 253 g/mol. The molecule has 98 valence electrons. The Hall–Kier alpha value is -2.44. The quantitative estimate of drug-likeness (QED) is 0.267. The number of nitrogens with zero attached hydrogens (tertiary/aromatic N) is 2. The van der Waals surface area contributed by atoms with Gasteiger partial charge in [0.1, 0.15) is 11.5 Å². The van der Waals surface area contributed by atoms with Gasteiger partial charge >= 0.3 is 0 Å². The third-order valence-corrected chi connectivity index (χ3v) is 2.59. The van der Waals surface area contributed by atoms with Gasteiger partial charge in [-0.05, 0) is 19.1 Å². The molecular weight excluding hydrogens is 238 g/mol. The predicted molar refractivity (Wildman–Crippen MR) is 64.7 cm³/mol. The van der Waals surface area contributed by atoms with Crippen LogP contribution in [0.15, 0.2) is 23.4 Å². The molecule has 1 aromatic rings. The molecule has 0 aliphatic rings. The van der Waals surface area contributed by atoms with Gasteiger partial charge < -0.3 is 26.1 Å². The van der Waals surface area contributed by atoms with Crippen molar-refractivity contribution in [2.45, 2.75) is 13.0 Å². The Morgan fingerprint density at radius 3 is 2.28 bits per heavy atom. The van der Waals surface area contributed by atoms with Crippen LogP contribution in [0.1, 0.15) is 17.3 Å². The summed E-state index contributed by atoms with van der Waals surface area (Å²) in [5, 5.41) is 30.0. The number of hydrogen-bond acceptors (Lipinski definition) is 5. The van der Waals surface area contributed by atoms with Gasteiger partial charge in [-0.2, -0.15) is 0 Å². The zero-order valence-corrected chi connectivity index (χ0v) is 10.0. The first-order valence-electron chi connectivity index (χ1n) is 5.14. The van der Waals surface area contributed by atoms with Gasteiger partial charge in [0.2, 0.25) is 0 Å². The summed E-state index contributed by atoms with van der Waals surface area (Å²) in [5.74, 6) is -1.03. The number of amides is 1. The van der Waals surface area contributed by atoms with E-state index in [0.29, 0.717) is 0 Å². The number of phenolic OH excluding ortho intramolecular Hbond substituents is 2. The Morgan fingerprint density at radius 2 is 1.83 bits per heavy atom. The zero-order chi connectivity index (χ0) is 13.9. The van der Waals surface area contributed by atoms with Crippen molar-refractivity contribution in [1.29, 1.82) is 0 Å². The summed E-state index contributed by atoms with van der Waals surface area (Å²) in [7, 11) is 1.46. The van der Waals surface area contributed by atoms with Crippen molar-refractivity contribution in [1.82, 2.24) is 4.90 Å². The molecule has 0 aliphatic carbocycles. The number of carbonyl (C=O) groups excluding carboxylic acids is 1. The van der Waals surface area contributed by atoms with Crippen molar-refractivity contribution in [3.05, 3.63) is 23.8 Å². The number of rotatable bonds is 3. The van der Waals surface area contributed by atoms with E-state index in [0.717, 1.165) is 6.07 Å². The van der Waals surface area contributed by atoms with Gasteiger partial charge in [0.05, 0.1) is 6.04 Å². The smallest absolute Gasteiger partial charge is 0.254 e. The van der Waals surface area contributed by atoms with Gasteiger partial charge in [-0.15, -0.1) is 0 Å². The summed E-state index contributed by atoms with van der Waals surface area (Å²) in [5.41, 5.74) is 5.50. The van der Waals surface area contributed by atoms with E-state index < -0.39 is 11.9 Å². The van der Waals surface area contributed by atoms with Crippen molar-refractivity contribution in [2.24, 2.45) is 10.9 Å². The lowest BCUT2D eigenvalue weighted by molar-refractivity contribution is 0.0775. The Bertz CT molecular complexity index is 467. The molecule has 1 amide bonds. The third-order valence-electron chi connectivity index (χ3n) is 2.59. The normalized spacial score (nSPS) is 13.1. The molecule has 0 fully saturated rings. The SMILES string of the molecule is CC(/C(N)=N/O)N(C)C(=O)c1cc(O)cc(O)c1. The lowest BCUT2D eigenvalue weighted by Gasteiger charge is -2.23. The fraction of sp³-hybridized carbons (Fsp3) is 0.273. The van der Waals surface area contributed by atoms with Gasteiger partial charge in [0.15, 0.2) is 5.84 Å². The molecular formula is C11H15N3O4. The largest absolute Gasteiger partial charge is 0.508 e. The van der Waals surface area contributed by atoms with Gasteiger partial charge in [0.25, 0.3) is 5.91 Å². The maximum atomic E-state index is 12.0.